The molecule has 0 atom stereocenters. The monoisotopic (exact) mass is 418 g/mol. The summed E-state index contributed by atoms with van der Waals surface area (Å²) >= 11 is 0. The minimum Gasteiger partial charge on any atom is -0.466 e. The molecule has 0 aliphatic carbocycles. The molecule has 3 rings (SSSR count). The maximum absolute atomic E-state index is 13.1. The molecule has 0 spiro atoms. The van der Waals surface area contributed by atoms with Crippen molar-refractivity contribution >= 4 is 11.6 Å². The topological polar surface area (TPSA) is 69.0 Å². The number of methoxy groups -OCH3 is 1. The quantitative estimate of drug-likeness (QED) is 0.651. The van der Waals surface area contributed by atoms with E-state index in [0.717, 1.165) is 12.1 Å². The van der Waals surface area contributed by atoms with Crippen LogP contribution in [0.2, 0.25) is 0 Å². The van der Waals surface area contributed by atoms with Crippen LogP contribution in [0.4, 0.5) is 18.9 Å². The molecule has 0 unspecified atom stereocenters. The summed E-state index contributed by atoms with van der Waals surface area (Å²) in [4.78, 5) is 16.3. The lowest BCUT2D eigenvalue weighted by Gasteiger charge is -2.17. The number of nitrogens with zero attached hydrogens (tertiary/aromatic N) is 3. The van der Waals surface area contributed by atoms with Gasteiger partial charge in [0.25, 0.3) is 0 Å². The fraction of sp³-hybridized carbons (Fsp3) is 0.286. The minimum absolute atomic E-state index is 0.0209. The third kappa shape index (κ3) is 4.61. The number of anilines is 1. The molecule has 0 saturated heterocycles. The molecular weight excluding hydrogens is 397 g/mol. The van der Waals surface area contributed by atoms with E-state index in [4.69, 9.17) is 4.74 Å². The van der Waals surface area contributed by atoms with E-state index in [-0.39, 0.29) is 23.3 Å². The van der Waals surface area contributed by atoms with Crippen LogP contribution in [0.15, 0.2) is 48.5 Å². The van der Waals surface area contributed by atoms with Gasteiger partial charge in [-0.05, 0) is 36.4 Å². The number of carbonyl (C=O) groups is 1. The molecule has 0 saturated carbocycles. The van der Waals surface area contributed by atoms with Crippen molar-refractivity contribution in [3.8, 4) is 23.1 Å². The van der Waals surface area contributed by atoms with Crippen molar-refractivity contribution in [1.82, 2.24) is 14.8 Å². The van der Waals surface area contributed by atoms with Crippen LogP contribution in [0.5, 0.6) is 6.01 Å². The van der Waals surface area contributed by atoms with Gasteiger partial charge in [-0.1, -0.05) is 32.9 Å². The van der Waals surface area contributed by atoms with E-state index < -0.39 is 17.2 Å². The van der Waals surface area contributed by atoms with Crippen LogP contribution in [0.25, 0.3) is 17.1 Å². The fourth-order valence-corrected chi connectivity index (χ4v) is 2.59. The summed E-state index contributed by atoms with van der Waals surface area (Å²) in [5, 5.41) is 7.03. The molecule has 9 heteroatoms. The maximum Gasteiger partial charge on any atom is 0.416 e. The van der Waals surface area contributed by atoms with Crippen molar-refractivity contribution in [3.63, 3.8) is 0 Å². The summed E-state index contributed by atoms with van der Waals surface area (Å²) in [7, 11) is 1.38. The summed E-state index contributed by atoms with van der Waals surface area (Å²) in [6.07, 6.45) is -4.47. The first-order valence-electron chi connectivity index (χ1n) is 9.09. The number of amides is 1. The number of aromatic nitrogens is 3. The predicted octanol–water partition coefficient (Wildman–Crippen LogP) is 4.95. The van der Waals surface area contributed by atoms with Gasteiger partial charge in [0.15, 0.2) is 5.82 Å². The molecule has 158 valence electrons. The summed E-state index contributed by atoms with van der Waals surface area (Å²) in [5.74, 6) is 0.0618. The molecule has 2 aromatic carbocycles. The number of ether oxygens (including phenoxy) is 1. The second kappa shape index (κ2) is 7.81. The van der Waals surface area contributed by atoms with Gasteiger partial charge in [0.2, 0.25) is 5.91 Å². The Morgan fingerprint density at radius 1 is 1.07 bits per heavy atom. The van der Waals surface area contributed by atoms with E-state index in [1.54, 1.807) is 45.0 Å². The Bertz CT molecular complexity index is 1050. The number of hydrogen-bond acceptors (Lipinski definition) is 4. The first-order valence-corrected chi connectivity index (χ1v) is 9.09. The molecule has 0 bridgehead atoms. The van der Waals surface area contributed by atoms with Gasteiger partial charge in [-0.25, -0.2) is 4.68 Å². The van der Waals surface area contributed by atoms with Gasteiger partial charge < -0.3 is 10.1 Å². The number of carbonyl (C=O) groups excluding carboxylic acids is 1. The third-order valence-electron chi connectivity index (χ3n) is 4.27. The van der Waals surface area contributed by atoms with Crippen molar-refractivity contribution in [2.75, 3.05) is 12.4 Å². The lowest BCUT2D eigenvalue weighted by molar-refractivity contribution is -0.137. The van der Waals surface area contributed by atoms with Gasteiger partial charge in [0, 0.05) is 16.7 Å². The molecular formula is C21H21F3N4O2. The van der Waals surface area contributed by atoms with Crippen molar-refractivity contribution < 1.29 is 22.7 Å². The lowest BCUT2D eigenvalue weighted by atomic mass is 9.95. The van der Waals surface area contributed by atoms with Crippen LogP contribution in [0, 0.1) is 5.41 Å². The summed E-state index contributed by atoms with van der Waals surface area (Å²) < 4.78 is 45.8. The Morgan fingerprint density at radius 3 is 2.30 bits per heavy atom. The summed E-state index contributed by atoms with van der Waals surface area (Å²) in [6, 6.07) is 11.6. The van der Waals surface area contributed by atoms with Gasteiger partial charge in [-0.15, -0.1) is 5.10 Å². The number of nitrogens with one attached hydrogen (secondary N) is 1. The van der Waals surface area contributed by atoms with E-state index in [1.165, 1.54) is 23.9 Å². The van der Waals surface area contributed by atoms with Gasteiger partial charge in [-0.2, -0.15) is 18.2 Å². The lowest BCUT2D eigenvalue weighted by Crippen LogP contribution is -2.27. The average molecular weight is 418 g/mol. The van der Waals surface area contributed by atoms with E-state index in [0.29, 0.717) is 11.4 Å². The predicted molar refractivity (Wildman–Crippen MR) is 106 cm³/mol. The molecule has 1 N–H and O–H groups in total. The SMILES string of the molecule is COc1nc(-c2cccc(C(F)(F)F)c2)n(-c2ccc(NC(=O)C(C)(C)C)cc2)n1. The van der Waals surface area contributed by atoms with Crippen molar-refractivity contribution in [1.29, 1.82) is 0 Å². The molecule has 1 heterocycles. The molecule has 0 aliphatic heterocycles. The normalized spacial score (nSPS) is 12.0. The number of hydrogen-bond donors (Lipinski definition) is 1. The Morgan fingerprint density at radius 2 is 1.73 bits per heavy atom. The Labute approximate surface area is 171 Å². The van der Waals surface area contributed by atoms with Crippen LogP contribution in [-0.2, 0) is 11.0 Å². The van der Waals surface area contributed by atoms with Crippen LogP contribution in [0.1, 0.15) is 26.3 Å². The Kier molecular flexibility index (Phi) is 5.56. The number of benzene rings is 2. The van der Waals surface area contributed by atoms with Gasteiger partial charge >= 0.3 is 12.2 Å². The minimum atomic E-state index is -4.47. The van der Waals surface area contributed by atoms with E-state index >= 15 is 0 Å². The highest BCUT2D eigenvalue weighted by molar-refractivity contribution is 5.94. The fourth-order valence-electron chi connectivity index (χ4n) is 2.59. The van der Waals surface area contributed by atoms with E-state index in [2.05, 4.69) is 15.4 Å². The molecule has 0 radical (unpaired) electrons. The first-order chi connectivity index (χ1) is 14.0. The Hall–Kier alpha value is -3.36. The van der Waals surface area contributed by atoms with Crippen LogP contribution in [-0.4, -0.2) is 27.8 Å². The highest BCUT2D eigenvalue weighted by Gasteiger charge is 2.31. The zero-order valence-corrected chi connectivity index (χ0v) is 16.9. The standard InChI is InChI=1S/C21H21F3N4O2/c1-20(2,3)18(29)25-15-8-10-16(11-9-15)28-17(26-19(27-28)30-4)13-6-5-7-14(12-13)21(22,23)24/h5-12H,1-4H3,(H,25,29). The third-order valence-corrected chi connectivity index (χ3v) is 4.27. The van der Waals surface area contributed by atoms with Gasteiger partial charge in [-0.3, -0.25) is 4.79 Å². The molecule has 3 aromatic rings. The van der Waals surface area contributed by atoms with Crippen molar-refractivity contribution in [2.45, 2.75) is 26.9 Å². The van der Waals surface area contributed by atoms with Crippen LogP contribution in [0.3, 0.4) is 0 Å². The second-order valence-electron chi connectivity index (χ2n) is 7.66. The number of alkyl halides is 3. The van der Waals surface area contributed by atoms with Crippen molar-refractivity contribution in [2.24, 2.45) is 5.41 Å². The zero-order valence-electron chi connectivity index (χ0n) is 16.9. The maximum atomic E-state index is 13.1. The highest BCUT2D eigenvalue weighted by atomic mass is 19.4. The average Bonchev–Trinajstić information content (AvgIpc) is 3.12. The zero-order chi connectivity index (χ0) is 22.1. The summed E-state index contributed by atoms with van der Waals surface area (Å²) in [5.41, 5.74) is 0.0482. The smallest absolute Gasteiger partial charge is 0.416 e. The molecule has 0 fully saturated rings. The van der Waals surface area contributed by atoms with Crippen LogP contribution < -0.4 is 10.1 Å². The molecule has 30 heavy (non-hydrogen) atoms. The summed E-state index contributed by atoms with van der Waals surface area (Å²) in [6.45, 7) is 5.42. The van der Waals surface area contributed by atoms with Crippen LogP contribution >= 0.6 is 0 Å². The largest absolute Gasteiger partial charge is 0.466 e. The number of halogens is 3. The first kappa shape index (κ1) is 21.4. The molecule has 1 amide bonds. The van der Waals surface area contributed by atoms with E-state index in [1.807, 2.05) is 0 Å². The molecule has 1 aromatic heterocycles. The highest BCUT2D eigenvalue weighted by Crippen LogP contribution is 2.33. The van der Waals surface area contributed by atoms with Gasteiger partial charge in [0.05, 0.1) is 18.4 Å². The van der Waals surface area contributed by atoms with E-state index in [9.17, 15) is 18.0 Å². The Balaban J connectivity index is 1.98. The molecule has 0 aliphatic rings. The van der Waals surface area contributed by atoms with Gasteiger partial charge in [0.1, 0.15) is 0 Å². The second-order valence-corrected chi connectivity index (χ2v) is 7.66. The molecule has 6 nitrogen and oxygen atoms in total. The van der Waals surface area contributed by atoms with Crippen molar-refractivity contribution in [3.05, 3.63) is 54.1 Å². The number of rotatable bonds is 4.